The molecule has 1 aromatic carbocycles. The molecule has 0 aliphatic carbocycles. The fraction of sp³-hybridized carbons (Fsp3) is 0.250. The molecule has 1 heteroatoms. The monoisotopic (exact) mass is 119 g/mol. The molecule has 2 heterocycles. The minimum absolute atomic E-state index is 1.09. The van der Waals surface area contributed by atoms with Gasteiger partial charge in [-0.25, -0.2) is 0 Å². The highest BCUT2D eigenvalue weighted by molar-refractivity contribution is 5.51. The summed E-state index contributed by atoms with van der Waals surface area (Å²) in [6, 6.07) is 8.66. The van der Waals surface area contributed by atoms with Gasteiger partial charge in [-0.3, -0.25) is 0 Å². The summed E-state index contributed by atoms with van der Waals surface area (Å²) in [7, 11) is 2.11. The van der Waals surface area contributed by atoms with Crippen molar-refractivity contribution in [3.63, 3.8) is 0 Å². The molecule has 0 atom stereocenters. The molecule has 0 saturated heterocycles. The van der Waals surface area contributed by atoms with Gasteiger partial charge in [-0.2, -0.15) is 0 Å². The van der Waals surface area contributed by atoms with E-state index in [1.807, 2.05) is 0 Å². The van der Waals surface area contributed by atoms with Crippen LogP contribution in [0.4, 0.5) is 5.69 Å². The number of hydrogen-bond acceptors (Lipinski definition) is 1. The Bertz CT molecular complexity index is 213. The fourth-order valence-corrected chi connectivity index (χ4v) is 1.22. The van der Waals surface area contributed by atoms with Gasteiger partial charge in [0.25, 0.3) is 0 Å². The number of nitrogens with zero attached hydrogens (tertiary/aromatic N) is 1. The molecule has 9 heavy (non-hydrogen) atoms. The lowest BCUT2D eigenvalue weighted by atomic mass is 10.1. The molecular formula is C8H9N. The van der Waals surface area contributed by atoms with E-state index in [0.717, 1.165) is 6.54 Å². The van der Waals surface area contributed by atoms with Gasteiger partial charge in [0.1, 0.15) is 0 Å². The third-order valence-electron chi connectivity index (χ3n) is 1.80. The van der Waals surface area contributed by atoms with Crippen molar-refractivity contribution >= 4 is 5.69 Å². The van der Waals surface area contributed by atoms with Crippen molar-refractivity contribution in [3.05, 3.63) is 29.8 Å². The van der Waals surface area contributed by atoms with E-state index in [-0.39, 0.29) is 0 Å². The zero-order chi connectivity index (χ0) is 6.27. The van der Waals surface area contributed by atoms with Gasteiger partial charge in [-0.15, -0.1) is 0 Å². The van der Waals surface area contributed by atoms with Crippen LogP contribution in [0.1, 0.15) is 5.56 Å². The van der Waals surface area contributed by atoms with Crippen LogP contribution < -0.4 is 4.90 Å². The highest BCUT2D eigenvalue weighted by Crippen LogP contribution is 2.21. The largest absolute Gasteiger partial charge is 0.370 e. The molecule has 0 spiro atoms. The van der Waals surface area contributed by atoms with Crippen molar-refractivity contribution in [3.8, 4) is 0 Å². The number of fused-ring (bicyclic) bond motifs is 3. The van der Waals surface area contributed by atoms with E-state index < -0.39 is 0 Å². The second kappa shape index (κ2) is 1.50. The van der Waals surface area contributed by atoms with E-state index in [1.54, 1.807) is 0 Å². The van der Waals surface area contributed by atoms with Crippen LogP contribution in [0.2, 0.25) is 0 Å². The molecule has 0 unspecified atom stereocenters. The number of hydrogen-bond donors (Lipinski definition) is 0. The summed E-state index contributed by atoms with van der Waals surface area (Å²) in [5.41, 5.74) is 2.73. The van der Waals surface area contributed by atoms with E-state index in [2.05, 4.69) is 36.2 Å². The van der Waals surface area contributed by atoms with E-state index >= 15 is 0 Å². The summed E-state index contributed by atoms with van der Waals surface area (Å²) in [5.74, 6) is 0. The second-order valence-corrected chi connectivity index (χ2v) is 2.52. The van der Waals surface area contributed by atoms with Crippen LogP contribution in [0.5, 0.6) is 0 Å². The molecule has 2 aliphatic heterocycles. The number of rotatable bonds is 0. The molecule has 0 saturated carbocycles. The Balaban J connectivity index is 2.59. The van der Waals surface area contributed by atoms with Crippen molar-refractivity contribution < 1.29 is 0 Å². The Morgan fingerprint density at radius 3 is 2.11 bits per heavy atom. The summed E-state index contributed by atoms with van der Waals surface area (Å²) >= 11 is 0. The van der Waals surface area contributed by atoms with Crippen LogP contribution >= 0.6 is 0 Å². The molecule has 2 bridgehead atoms. The quantitative estimate of drug-likeness (QED) is 0.501. The lowest BCUT2D eigenvalue weighted by Crippen LogP contribution is -2.19. The van der Waals surface area contributed by atoms with Gasteiger partial charge < -0.3 is 4.90 Å². The Labute approximate surface area is 54.9 Å². The van der Waals surface area contributed by atoms with Crippen molar-refractivity contribution in [2.75, 3.05) is 11.9 Å². The third kappa shape index (κ3) is 0.611. The summed E-state index contributed by atoms with van der Waals surface area (Å²) in [6.07, 6.45) is 0. The van der Waals surface area contributed by atoms with Crippen LogP contribution in [0.25, 0.3) is 0 Å². The van der Waals surface area contributed by atoms with Gasteiger partial charge in [-0.1, -0.05) is 12.1 Å². The number of anilines is 1. The molecule has 0 amide bonds. The van der Waals surface area contributed by atoms with Crippen molar-refractivity contribution in [1.29, 1.82) is 0 Å². The maximum Gasteiger partial charge on any atom is 0.0426 e. The fourth-order valence-electron chi connectivity index (χ4n) is 1.22. The van der Waals surface area contributed by atoms with Gasteiger partial charge in [0.2, 0.25) is 0 Å². The van der Waals surface area contributed by atoms with Crippen molar-refractivity contribution in [2.45, 2.75) is 6.54 Å². The molecule has 0 aromatic heterocycles. The topological polar surface area (TPSA) is 3.24 Å². The zero-order valence-electron chi connectivity index (χ0n) is 5.46. The Kier molecular flexibility index (Phi) is 0.810. The predicted molar refractivity (Wildman–Crippen MR) is 38.5 cm³/mol. The molecule has 0 fully saturated rings. The second-order valence-electron chi connectivity index (χ2n) is 2.52. The average Bonchev–Trinajstić information content (AvgIpc) is 1.90. The molecule has 1 nitrogen and oxygen atoms in total. The van der Waals surface area contributed by atoms with Crippen LogP contribution in [0.3, 0.4) is 0 Å². The lowest BCUT2D eigenvalue weighted by molar-refractivity contribution is 0.896. The zero-order valence-corrected chi connectivity index (χ0v) is 5.46. The molecule has 1 aromatic rings. The smallest absolute Gasteiger partial charge is 0.0426 e. The third-order valence-corrected chi connectivity index (χ3v) is 1.80. The minimum Gasteiger partial charge on any atom is -0.370 e. The minimum atomic E-state index is 1.09. The first-order valence-electron chi connectivity index (χ1n) is 3.16. The molecule has 0 radical (unpaired) electrons. The van der Waals surface area contributed by atoms with Crippen LogP contribution in [-0.4, -0.2) is 7.05 Å². The predicted octanol–water partition coefficient (Wildman–Crippen LogP) is 1.64. The molecule has 46 valence electrons. The molecule has 3 rings (SSSR count). The molecule has 0 N–H and O–H groups in total. The van der Waals surface area contributed by atoms with Crippen LogP contribution in [0, 0.1) is 0 Å². The van der Waals surface area contributed by atoms with Crippen LogP contribution in [-0.2, 0) is 6.54 Å². The maximum absolute atomic E-state index is 2.25. The maximum atomic E-state index is 2.25. The van der Waals surface area contributed by atoms with Crippen LogP contribution in [0.15, 0.2) is 24.3 Å². The average molecular weight is 119 g/mol. The summed E-state index contributed by atoms with van der Waals surface area (Å²) < 4.78 is 0. The first-order chi connectivity index (χ1) is 4.36. The highest BCUT2D eigenvalue weighted by atomic mass is 15.1. The summed E-state index contributed by atoms with van der Waals surface area (Å²) in [4.78, 5) is 2.25. The van der Waals surface area contributed by atoms with Gasteiger partial charge in [0, 0.05) is 19.3 Å². The summed E-state index contributed by atoms with van der Waals surface area (Å²) in [5, 5.41) is 0. The lowest BCUT2D eigenvalue weighted by Gasteiger charge is -2.24. The highest BCUT2D eigenvalue weighted by Gasteiger charge is 2.07. The Morgan fingerprint density at radius 1 is 1.22 bits per heavy atom. The van der Waals surface area contributed by atoms with Gasteiger partial charge in [-0.05, 0) is 17.7 Å². The molecule has 2 aliphatic rings. The first kappa shape index (κ1) is 4.86. The van der Waals surface area contributed by atoms with E-state index in [1.165, 1.54) is 11.3 Å². The number of benzene rings is 1. The van der Waals surface area contributed by atoms with Gasteiger partial charge in [0.05, 0.1) is 0 Å². The Hall–Kier alpha value is -0.980. The normalized spacial score (nSPS) is 14.6. The van der Waals surface area contributed by atoms with Crippen molar-refractivity contribution in [1.82, 2.24) is 0 Å². The SMILES string of the molecule is CN1Cc2ccc1cc2. The first-order valence-corrected chi connectivity index (χ1v) is 3.16. The van der Waals surface area contributed by atoms with Crippen molar-refractivity contribution in [2.24, 2.45) is 0 Å². The summed E-state index contributed by atoms with van der Waals surface area (Å²) in [6.45, 7) is 1.09. The van der Waals surface area contributed by atoms with E-state index in [0.29, 0.717) is 0 Å². The standard InChI is InChI=1S/C8H9N/c1-9-6-7-2-4-8(9)5-3-7/h2-5H,6H2,1H3. The molecular weight excluding hydrogens is 110 g/mol. The van der Waals surface area contributed by atoms with Gasteiger partial charge >= 0.3 is 0 Å². The van der Waals surface area contributed by atoms with Gasteiger partial charge in [0.15, 0.2) is 0 Å². The Morgan fingerprint density at radius 2 is 1.89 bits per heavy atom. The van der Waals surface area contributed by atoms with E-state index in [9.17, 15) is 0 Å². The van der Waals surface area contributed by atoms with E-state index in [4.69, 9.17) is 0 Å².